The third-order valence-electron chi connectivity index (χ3n) is 6.10. The molecule has 2 aliphatic rings. The Balaban J connectivity index is 1.51. The standard InChI is InChI=1S/C25H29N5O2/c1-18-7-10-21(15-19-5-3-2-4-6-19)30(18)25-27-22(24(31)26-17-20-8-9-20)16-23(28-25)29-11-13-32-14-12-29/h2-7,10,16,20H,8-9,11-15,17H2,1H3,(H,26,31). The normalized spacial score (nSPS) is 16.2. The van der Waals surface area contributed by atoms with Crippen molar-refractivity contribution in [3.05, 3.63) is 71.2 Å². The molecule has 0 bridgehead atoms. The van der Waals surface area contributed by atoms with Crippen molar-refractivity contribution in [3.63, 3.8) is 0 Å². The number of aromatic nitrogens is 3. The number of nitrogens with one attached hydrogen (secondary N) is 1. The van der Waals surface area contributed by atoms with Crippen molar-refractivity contribution in [2.45, 2.75) is 26.2 Å². The van der Waals surface area contributed by atoms with Gasteiger partial charge in [-0.2, -0.15) is 4.98 Å². The first-order valence-electron chi connectivity index (χ1n) is 11.4. The lowest BCUT2D eigenvalue weighted by molar-refractivity contribution is 0.0946. The molecule has 32 heavy (non-hydrogen) atoms. The van der Waals surface area contributed by atoms with E-state index < -0.39 is 0 Å². The van der Waals surface area contributed by atoms with E-state index >= 15 is 0 Å². The average Bonchev–Trinajstić information content (AvgIpc) is 3.60. The number of morpholine rings is 1. The third kappa shape index (κ3) is 4.67. The number of hydrogen-bond acceptors (Lipinski definition) is 5. The largest absolute Gasteiger partial charge is 0.378 e. The van der Waals surface area contributed by atoms with E-state index in [9.17, 15) is 4.79 Å². The molecule has 3 aromatic rings. The van der Waals surface area contributed by atoms with Crippen molar-refractivity contribution in [1.29, 1.82) is 0 Å². The van der Waals surface area contributed by atoms with Crippen molar-refractivity contribution in [3.8, 4) is 5.95 Å². The second-order valence-corrected chi connectivity index (χ2v) is 8.63. The second kappa shape index (κ2) is 9.12. The molecule has 1 saturated carbocycles. The number of carbonyl (C=O) groups is 1. The number of nitrogens with zero attached hydrogens (tertiary/aromatic N) is 4. The molecule has 7 nitrogen and oxygen atoms in total. The molecule has 1 aromatic carbocycles. The smallest absolute Gasteiger partial charge is 0.270 e. The molecule has 3 heterocycles. The number of carbonyl (C=O) groups excluding carboxylic acids is 1. The van der Waals surface area contributed by atoms with Crippen LogP contribution in [0.3, 0.4) is 0 Å². The summed E-state index contributed by atoms with van der Waals surface area (Å²) in [4.78, 5) is 24.7. The molecule has 7 heteroatoms. The highest BCUT2D eigenvalue weighted by Crippen LogP contribution is 2.28. The predicted molar refractivity (Wildman–Crippen MR) is 123 cm³/mol. The van der Waals surface area contributed by atoms with Gasteiger partial charge in [-0.25, -0.2) is 4.98 Å². The van der Waals surface area contributed by atoms with Crippen LogP contribution in [0.2, 0.25) is 0 Å². The quantitative estimate of drug-likeness (QED) is 0.622. The van der Waals surface area contributed by atoms with Crippen LogP contribution in [0.15, 0.2) is 48.5 Å². The Morgan fingerprint density at radius 3 is 2.62 bits per heavy atom. The maximum atomic E-state index is 12.9. The van der Waals surface area contributed by atoms with Crippen LogP contribution < -0.4 is 10.2 Å². The zero-order valence-corrected chi connectivity index (χ0v) is 18.5. The van der Waals surface area contributed by atoms with Crippen molar-refractivity contribution < 1.29 is 9.53 Å². The third-order valence-corrected chi connectivity index (χ3v) is 6.10. The predicted octanol–water partition coefficient (Wildman–Crippen LogP) is 3.14. The van der Waals surface area contributed by atoms with Gasteiger partial charge in [0.15, 0.2) is 0 Å². The van der Waals surface area contributed by atoms with Crippen molar-refractivity contribution >= 4 is 11.7 Å². The van der Waals surface area contributed by atoms with Crippen molar-refractivity contribution in [1.82, 2.24) is 19.9 Å². The van der Waals surface area contributed by atoms with Crippen LogP contribution in [-0.2, 0) is 11.2 Å². The first-order valence-corrected chi connectivity index (χ1v) is 11.4. The van der Waals surface area contributed by atoms with Crippen LogP contribution in [0, 0.1) is 12.8 Å². The van der Waals surface area contributed by atoms with E-state index in [2.05, 4.69) is 39.0 Å². The summed E-state index contributed by atoms with van der Waals surface area (Å²) in [5.74, 6) is 1.79. The Kier molecular flexibility index (Phi) is 5.90. The van der Waals surface area contributed by atoms with Gasteiger partial charge in [0.2, 0.25) is 5.95 Å². The highest BCUT2D eigenvalue weighted by atomic mass is 16.5. The van der Waals surface area contributed by atoms with E-state index in [0.717, 1.165) is 36.7 Å². The number of anilines is 1. The fourth-order valence-corrected chi connectivity index (χ4v) is 4.06. The van der Waals surface area contributed by atoms with Gasteiger partial charge in [-0.3, -0.25) is 9.36 Å². The Bertz CT molecular complexity index is 1080. The minimum atomic E-state index is -0.135. The fraction of sp³-hybridized carbons (Fsp3) is 0.400. The minimum Gasteiger partial charge on any atom is -0.378 e. The SMILES string of the molecule is Cc1ccc(Cc2ccccc2)n1-c1nc(C(=O)NCC2CC2)cc(N2CCOCC2)n1. The zero-order chi connectivity index (χ0) is 21.9. The number of hydrogen-bond donors (Lipinski definition) is 1. The maximum absolute atomic E-state index is 12.9. The van der Waals surface area contributed by atoms with Crippen molar-refractivity contribution in [2.24, 2.45) is 5.92 Å². The Morgan fingerprint density at radius 1 is 1.09 bits per heavy atom. The molecule has 1 amide bonds. The van der Waals surface area contributed by atoms with Gasteiger partial charge in [-0.1, -0.05) is 30.3 Å². The van der Waals surface area contributed by atoms with E-state index in [1.807, 2.05) is 31.2 Å². The van der Waals surface area contributed by atoms with Gasteiger partial charge in [0.1, 0.15) is 11.5 Å². The van der Waals surface area contributed by atoms with Gasteiger partial charge < -0.3 is 15.0 Å². The van der Waals surface area contributed by atoms with Crippen LogP contribution in [0.4, 0.5) is 5.82 Å². The molecule has 1 aliphatic heterocycles. The molecule has 1 aliphatic carbocycles. The highest BCUT2D eigenvalue weighted by molar-refractivity contribution is 5.93. The summed E-state index contributed by atoms with van der Waals surface area (Å²) in [5, 5.41) is 3.05. The summed E-state index contributed by atoms with van der Waals surface area (Å²) < 4.78 is 7.57. The molecular weight excluding hydrogens is 402 g/mol. The molecule has 0 radical (unpaired) electrons. The number of benzene rings is 1. The first kappa shape index (κ1) is 20.7. The molecule has 1 N–H and O–H groups in total. The van der Waals surface area contributed by atoms with E-state index in [1.54, 1.807) is 0 Å². The maximum Gasteiger partial charge on any atom is 0.270 e. The molecule has 0 unspecified atom stereocenters. The molecular formula is C25H29N5O2. The van der Waals surface area contributed by atoms with Crippen LogP contribution in [0.5, 0.6) is 0 Å². The molecule has 1 saturated heterocycles. The van der Waals surface area contributed by atoms with Crippen LogP contribution in [0.25, 0.3) is 5.95 Å². The summed E-state index contributed by atoms with van der Waals surface area (Å²) >= 11 is 0. The Labute approximate surface area is 188 Å². The highest BCUT2D eigenvalue weighted by Gasteiger charge is 2.24. The molecule has 2 aromatic heterocycles. The van der Waals surface area contributed by atoms with Gasteiger partial charge in [-0.05, 0) is 43.4 Å². The number of aryl methyl sites for hydroxylation is 1. The van der Waals surface area contributed by atoms with Crippen LogP contribution in [0.1, 0.15) is 40.3 Å². The van der Waals surface area contributed by atoms with E-state index in [1.165, 1.54) is 18.4 Å². The topological polar surface area (TPSA) is 72.3 Å². The molecule has 2 fully saturated rings. The van der Waals surface area contributed by atoms with Gasteiger partial charge in [-0.15, -0.1) is 0 Å². The molecule has 5 rings (SSSR count). The van der Waals surface area contributed by atoms with Gasteiger partial charge >= 0.3 is 0 Å². The van der Waals surface area contributed by atoms with E-state index in [0.29, 0.717) is 37.3 Å². The van der Waals surface area contributed by atoms with E-state index in [4.69, 9.17) is 14.7 Å². The zero-order valence-electron chi connectivity index (χ0n) is 18.5. The van der Waals surface area contributed by atoms with Crippen molar-refractivity contribution in [2.75, 3.05) is 37.7 Å². The molecule has 0 atom stereocenters. The summed E-state index contributed by atoms with van der Waals surface area (Å²) in [6, 6.07) is 16.4. The Hall–Kier alpha value is -3.19. The molecule has 0 spiro atoms. The second-order valence-electron chi connectivity index (χ2n) is 8.63. The lowest BCUT2D eigenvalue weighted by Gasteiger charge is -2.28. The Morgan fingerprint density at radius 2 is 1.88 bits per heavy atom. The van der Waals surface area contributed by atoms with Gasteiger partial charge in [0.05, 0.1) is 13.2 Å². The number of amides is 1. The lowest BCUT2D eigenvalue weighted by atomic mass is 10.1. The average molecular weight is 432 g/mol. The van der Waals surface area contributed by atoms with Crippen LogP contribution >= 0.6 is 0 Å². The summed E-state index contributed by atoms with van der Waals surface area (Å²) in [6.07, 6.45) is 3.16. The first-order chi connectivity index (χ1) is 15.7. The summed E-state index contributed by atoms with van der Waals surface area (Å²) in [7, 11) is 0. The number of ether oxygens (including phenoxy) is 1. The monoisotopic (exact) mass is 431 g/mol. The van der Waals surface area contributed by atoms with E-state index in [-0.39, 0.29) is 5.91 Å². The summed E-state index contributed by atoms with van der Waals surface area (Å²) in [6.45, 7) is 5.58. The fourth-order valence-electron chi connectivity index (χ4n) is 4.06. The van der Waals surface area contributed by atoms with Gasteiger partial charge in [0.25, 0.3) is 5.91 Å². The summed E-state index contributed by atoms with van der Waals surface area (Å²) in [5.41, 5.74) is 3.77. The number of rotatable bonds is 7. The minimum absolute atomic E-state index is 0.135. The van der Waals surface area contributed by atoms with Gasteiger partial charge in [0, 0.05) is 43.5 Å². The van der Waals surface area contributed by atoms with Crippen LogP contribution in [-0.4, -0.2) is 53.3 Å². The lowest BCUT2D eigenvalue weighted by Crippen LogP contribution is -2.37. The molecule has 166 valence electrons.